The molecule has 0 aliphatic carbocycles. The Morgan fingerprint density at radius 2 is 2.25 bits per heavy atom. The number of likely N-dealkylation sites (tertiary alicyclic amines) is 1. The smallest absolute Gasteiger partial charge is 0.248 e. The van der Waals surface area contributed by atoms with E-state index in [0.29, 0.717) is 13.0 Å². The van der Waals surface area contributed by atoms with E-state index in [9.17, 15) is 9.90 Å². The number of nitrogens with zero attached hydrogens (tertiary/aromatic N) is 1. The third-order valence-electron chi connectivity index (χ3n) is 2.57. The predicted octanol–water partition coefficient (Wildman–Crippen LogP) is -0.649. The van der Waals surface area contributed by atoms with Gasteiger partial charge in [-0.15, -0.1) is 0 Å². The molecule has 0 aromatic carbocycles. The van der Waals surface area contributed by atoms with Crippen LogP contribution in [-0.4, -0.2) is 45.8 Å². The van der Waals surface area contributed by atoms with Gasteiger partial charge in [0, 0.05) is 6.54 Å². The molecule has 0 saturated carbocycles. The van der Waals surface area contributed by atoms with Gasteiger partial charge in [0.15, 0.2) is 0 Å². The van der Waals surface area contributed by atoms with Crippen LogP contribution in [0.25, 0.3) is 0 Å². The number of hydrogen-bond acceptors (Lipinski definition) is 3. The van der Waals surface area contributed by atoms with Crippen LogP contribution in [0.5, 0.6) is 0 Å². The zero-order valence-corrected chi connectivity index (χ0v) is 7.45. The molecule has 1 aliphatic rings. The van der Waals surface area contributed by atoms with Gasteiger partial charge in [0.1, 0.15) is 6.61 Å². The molecule has 2 N–H and O–H groups in total. The van der Waals surface area contributed by atoms with Gasteiger partial charge in [-0.2, -0.15) is 0 Å². The Labute approximate surface area is 71.8 Å². The van der Waals surface area contributed by atoms with Crippen LogP contribution in [0.1, 0.15) is 20.3 Å². The molecule has 0 radical (unpaired) electrons. The highest BCUT2D eigenvalue weighted by atomic mass is 16.3. The highest BCUT2D eigenvalue weighted by molar-refractivity contribution is 5.78. The van der Waals surface area contributed by atoms with Crippen molar-refractivity contribution in [3.63, 3.8) is 0 Å². The number of hydrogen-bond donors (Lipinski definition) is 2. The highest BCUT2D eigenvalue weighted by Crippen LogP contribution is 2.28. The van der Waals surface area contributed by atoms with Gasteiger partial charge >= 0.3 is 0 Å². The summed E-state index contributed by atoms with van der Waals surface area (Å²) in [5, 5.41) is 18.1. The molecule has 12 heavy (non-hydrogen) atoms. The van der Waals surface area contributed by atoms with E-state index in [4.69, 9.17) is 5.11 Å². The van der Waals surface area contributed by atoms with Crippen LogP contribution in [0.2, 0.25) is 0 Å². The summed E-state index contributed by atoms with van der Waals surface area (Å²) < 4.78 is 0. The lowest BCUT2D eigenvalue weighted by Gasteiger charge is -2.33. The van der Waals surface area contributed by atoms with Gasteiger partial charge < -0.3 is 15.1 Å². The quantitative estimate of drug-likeness (QED) is 0.554. The minimum absolute atomic E-state index is 0.309. The van der Waals surface area contributed by atoms with Gasteiger partial charge in [-0.3, -0.25) is 4.79 Å². The van der Waals surface area contributed by atoms with E-state index in [1.165, 1.54) is 4.90 Å². The first-order valence-corrected chi connectivity index (χ1v) is 4.09. The van der Waals surface area contributed by atoms with Crippen molar-refractivity contribution in [3.8, 4) is 0 Å². The summed E-state index contributed by atoms with van der Waals surface area (Å²) in [6, 6.07) is 0. The Morgan fingerprint density at radius 3 is 2.58 bits per heavy atom. The van der Waals surface area contributed by atoms with Crippen LogP contribution in [-0.2, 0) is 4.79 Å². The standard InChI is InChI=1S/C8H15NO3/c1-8(2)6(11)3-4-9(8)7(12)5-10/h6,10-11H,3-5H2,1-2H3. The number of carbonyl (C=O) groups excluding carboxylic acids is 1. The molecule has 1 saturated heterocycles. The molecule has 1 amide bonds. The molecular formula is C8H15NO3. The first kappa shape index (κ1) is 9.48. The molecule has 1 atom stereocenters. The molecule has 1 unspecified atom stereocenters. The second-order valence-electron chi connectivity index (χ2n) is 3.66. The molecule has 0 aromatic heterocycles. The van der Waals surface area contributed by atoms with Crippen LogP contribution in [0.15, 0.2) is 0 Å². The summed E-state index contributed by atoms with van der Waals surface area (Å²) >= 11 is 0. The lowest BCUT2D eigenvalue weighted by molar-refractivity contribution is -0.139. The molecule has 0 aromatic rings. The van der Waals surface area contributed by atoms with E-state index in [-0.39, 0.29) is 5.91 Å². The van der Waals surface area contributed by atoms with E-state index in [1.54, 1.807) is 13.8 Å². The largest absolute Gasteiger partial charge is 0.391 e. The maximum atomic E-state index is 11.1. The summed E-state index contributed by atoms with van der Waals surface area (Å²) in [6.45, 7) is 3.67. The number of amides is 1. The molecule has 70 valence electrons. The average molecular weight is 173 g/mol. The monoisotopic (exact) mass is 173 g/mol. The lowest BCUT2D eigenvalue weighted by atomic mass is 9.99. The minimum atomic E-state index is -0.528. The minimum Gasteiger partial charge on any atom is -0.391 e. The zero-order valence-electron chi connectivity index (χ0n) is 7.45. The molecule has 4 heteroatoms. The maximum absolute atomic E-state index is 11.1. The van der Waals surface area contributed by atoms with Crippen LogP contribution in [0.3, 0.4) is 0 Å². The van der Waals surface area contributed by atoms with Crippen molar-refractivity contribution >= 4 is 5.91 Å². The van der Waals surface area contributed by atoms with Crippen molar-refractivity contribution < 1.29 is 15.0 Å². The van der Waals surface area contributed by atoms with Gasteiger partial charge in [-0.25, -0.2) is 0 Å². The van der Waals surface area contributed by atoms with Crippen LogP contribution in [0, 0.1) is 0 Å². The summed E-state index contributed by atoms with van der Waals surface area (Å²) in [5.41, 5.74) is -0.528. The summed E-state index contributed by atoms with van der Waals surface area (Å²) in [6.07, 6.45) is 0.117. The number of rotatable bonds is 1. The lowest BCUT2D eigenvalue weighted by Crippen LogP contribution is -2.49. The normalized spacial score (nSPS) is 27.7. The van der Waals surface area contributed by atoms with Crippen LogP contribution < -0.4 is 0 Å². The first-order chi connectivity index (χ1) is 5.50. The molecular weight excluding hydrogens is 158 g/mol. The van der Waals surface area contributed by atoms with Gasteiger partial charge in [0.25, 0.3) is 0 Å². The topological polar surface area (TPSA) is 60.8 Å². The fraction of sp³-hybridized carbons (Fsp3) is 0.875. The van der Waals surface area contributed by atoms with Crippen LogP contribution >= 0.6 is 0 Å². The number of aliphatic hydroxyl groups excluding tert-OH is 2. The Hall–Kier alpha value is -0.610. The summed E-state index contributed by atoms with van der Waals surface area (Å²) in [4.78, 5) is 12.7. The Kier molecular flexibility index (Phi) is 2.39. The molecule has 1 fully saturated rings. The molecule has 1 rings (SSSR count). The van der Waals surface area contributed by atoms with Crippen molar-refractivity contribution in [1.82, 2.24) is 4.90 Å². The van der Waals surface area contributed by atoms with E-state index < -0.39 is 18.2 Å². The summed E-state index contributed by atoms with van der Waals surface area (Å²) in [7, 11) is 0. The van der Waals surface area contributed by atoms with Crippen LogP contribution in [0.4, 0.5) is 0 Å². The Bertz CT molecular complexity index is 191. The van der Waals surface area contributed by atoms with Crippen molar-refractivity contribution in [3.05, 3.63) is 0 Å². The fourth-order valence-corrected chi connectivity index (χ4v) is 1.60. The Morgan fingerprint density at radius 1 is 1.67 bits per heavy atom. The second kappa shape index (κ2) is 3.03. The van der Waals surface area contributed by atoms with Crippen molar-refractivity contribution in [1.29, 1.82) is 0 Å². The molecule has 1 heterocycles. The predicted molar refractivity (Wildman–Crippen MR) is 43.5 cm³/mol. The van der Waals surface area contributed by atoms with Gasteiger partial charge in [0.2, 0.25) is 5.91 Å². The first-order valence-electron chi connectivity index (χ1n) is 4.09. The number of aliphatic hydroxyl groups is 2. The molecule has 1 aliphatic heterocycles. The van der Waals surface area contributed by atoms with E-state index in [0.717, 1.165) is 0 Å². The highest BCUT2D eigenvalue weighted by Gasteiger charge is 2.42. The Balaban J connectivity index is 2.74. The molecule has 0 bridgehead atoms. The van der Waals surface area contributed by atoms with E-state index in [1.807, 2.05) is 0 Å². The zero-order chi connectivity index (χ0) is 9.35. The van der Waals surface area contributed by atoms with E-state index >= 15 is 0 Å². The van der Waals surface area contributed by atoms with Crippen molar-refractivity contribution in [2.75, 3.05) is 13.2 Å². The van der Waals surface area contributed by atoms with Gasteiger partial charge in [0.05, 0.1) is 11.6 Å². The fourth-order valence-electron chi connectivity index (χ4n) is 1.60. The van der Waals surface area contributed by atoms with Gasteiger partial charge in [-0.1, -0.05) is 0 Å². The SMILES string of the molecule is CC1(C)C(O)CCN1C(=O)CO. The van der Waals surface area contributed by atoms with E-state index in [2.05, 4.69) is 0 Å². The van der Waals surface area contributed by atoms with Crippen molar-refractivity contribution in [2.45, 2.75) is 31.9 Å². The molecule has 0 spiro atoms. The maximum Gasteiger partial charge on any atom is 0.248 e. The van der Waals surface area contributed by atoms with Gasteiger partial charge in [-0.05, 0) is 20.3 Å². The third-order valence-corrected chi connectivity index (χ3v) is 2.57. The second-order valence-corrected chi connectivity index (χ2v) is 3.66. The number of carbonyl (C=O) groups is 1. The third kappa shape index (κ3) is 1.32. The molecule has 4 nitrogen and oxygen atoms in total. The average Bonchev–Trinajstić information content (AvgIpc) is 2.27. The van der Waals surface area contributed by atoms with Crippen molar-refractivity contribution in [2.24, 2.45) is 0 Å². The summed E-state index contributed by atoms with van der Waals surface area (Å²) in [5.74, 6) is -0.309.